The number of carbonyl (C=O) groups excluding carboxylic acids is 1. The van der Waals surface area contributed by atoms with Crippen LogP contribution in [0.25, 0.3) is 0 Å². The van der Waals surface area contributed by atoms with Crippen molar-refractivity contribution in [3.8, 4) is 5.75 Å². The highest BCUT2D eigenvalue weighted by Gasteiger charge is 2.11. The standard InChI is InChI=1S/C20H23NO4/c1-14(20(23)24)13-15-7-10-17(11-8-15)21-19(22)12-9-16-5-3-4-6-18(16)25-2/h3-8,10-11,14H,9,12-13H2,1-2H3,(H,21,22)(H,23,24). The Bertz CT molecular complexity index is 725. The number of hydrogen-bond acceptors (Lipinski definition) is 3. The molecule has 0 aliphatic carbocycles. The number of para-hydroxylation sites is 1. The molecule has 0 bridgehead atoms. The molecular weight excluding hydrogens is 318 g/mol. The van der Waals surface area contributed by atoms with Crippen LogP contribution in [-0.2, 0) is 22.4 Å². The van der Waals surface area contributed by atoms with Crippen molar-refractivity contribution in [3.05, 3.63) is 59.7 Å². The third kappa shape index (κ3) is 5.64. The highest BCUT2D eigenvalue weighted by atomic mass is 16.5. The van der Waals surface area contributed by atoms with Crippen molar-refractivity contribution in [2.75, 3.05) is 12.4 Å². The van der Waals surface area contributed by atoms with E-state index in [1.807, 2.05) is 36.4 Å². The quantitative estimate of drug-likeness (QED) is 0.770. The molecule has 0 spiro atoms. The zero-order valence-electron chi connectivity index (χ0n) is 14.5. The van der Waals surface area contributed by atoms with Crippen LogP contribution < -0.4 is 10.1 Å². The van der Waals surface area contributed by atoms with E-state index in [9.17, 15) is 9.59 Å². The zero-order valence-corrected chi connectivity index (χ0v) is 14.5. The molecule has 0 fully saturated rings. The Morgan fingerprint density at radius 2 is 1.80 bits per heavy atom. The van der Waals surface area contributed by atoms with Gasteiger partial charge in [-0.05, 0) is 42.2 Å². The van der Waals surface area contributed by atoms with Crippen molar-refractivity contribution in [1.82, 2.24) is 0 Å². The molecule has 5 heteroatoms. The molecule has 0 heterocycles. The summed E-state index contributed by atoms with van der Waals surface area (Å²) in [6.45, 7) is 1.68. The van der Waals surface area contributed by atoms with Crippen LogP contribution in [0.4, 0.5) is 5.69 Å². The van der Waals surface area contributed by atoms with Gasteiger partial charge < -0.3 is 15.2 Å². The summed E-state index contributed by atoms with van der Waals surface area (Å²) in [5.41, 5.74) is 2.64. The molecule has 2 aromatic rings. The van der Waals surface area contributed by atoms with Gasteiger partial charge in [-0.25, -0.2) is 0 Å². The van der Waals surface area contributed by atoms with Gasteiger partial charge in [0.15, 0.2) is 0 Å². The van der Waals surface area contributed by atoms with E-state index in [0.29, 0.717) is 24.9 Å². The molecule has 0 aliphatic rings. The smallest absolute Gasteiger partial charge is 0.306 e. The van der Waals surface area contributed by atoms with Crippen molar-refractivity contribution in [2.45, 2.75) is 26.2 Å². The number of aliphatic carboxylic acids is 1. The number of anilines is 1. The largest absolute Gasteiger partial charge is 0.496 e. The van der Waals surface area contributed by atoms with Crippen LogP contribution in [0.5, 0.6) is 5.75 Å². The van der Waals surface area contributed by atoms with Gasteiger partial charge in [-0.3, -0.25) is 9.59 Å². The van der Waals surface area contributed by atoms with Gasteiger partial charge in [0.25, 0.3) is 0 Å². The third-order valence-electron chi connectivity index (χ3n) is 4.02. The van der Waals surface area contributed by atoms with Gasteiger partial charge in [0.05, 0.1) is 13.0 Å². The first-order valence-electron chi connectivity index (χ1n) is 8.23. The van der Waals surface area contributed by atoms with Gasteiger partial charge in [0.2, 0.25) is 5.91 Å². The number of amides is 1. The number of aryl methyl sites for hydroxylation is 1. The number of methoxy groups -OCH3 is 1. The summed E-state index contributed by atoms with van der Waals surface area (Å²) in [6, 6.07) is 14.9. The average molecular weight is 341 g/mol. The molecule has 0 aromatic heterocycles. The molecule has 0 saturated carbocycles. The second-order valence-corrected chi connectivity index (χ2v) is 6.00. The van der Waals surface area contributed by atoms with Gasteiger partial charge >= 0.3 is 5.97 Å². The lowest BCUT2D eigenvalue weighted by molar-refractivity contribution is -0.141. The number of hydrogen-bond donors (Lipinski definition) is 2. The first-order chi connectivity index (χ1) is 12.0. The van der Waals surface area contributed by atoms with Crippen LogP contribution in [0.1, 0.15) is 24.5 Å². The fraction of sp³-hybridized carbons (Fsp3) is 0.300. The van der Waals surface area contributed by atoms with E-state index in [-0.39, 0.29) is 5.91 Å². The molecule has 1 unspecified atom stereocenters. The Morgan fingerprint density at radius 3 is 2.44 bits per heavy atom. The number of benzene rings is 2. The van der Waals surface area contributed by atoms with Gasteiger partial charge in [0.1, 0.15) is 5.75 Å². The van der Waals surface area contributed by atoms with Crippen molar-refractivity contribution in [3.63, 3.8) is 0 Å². The Labute approximate surface area is 147 Å². The van der Waals surface area contributed by atoms with Crippen LogP contribution in [0.2, 0.25) is 0 Å². The van der Waals surface area contributed by atoms with Crippen LogP contribution in [0.15, 0.2) is 48.5 Å². The third-order valence-corrected chi connectivity index (χ3v) is 4.02. The van der Waals surface area contributed by atoms with E-state index < -0.39 is 11.9 Å². The second-order valence-electron chi connectivity index (χ2n) is 6.00. The number of carbonyl (C=O) groups is 2. The van der Waals surface area contributed by atoms with Gasteiger partial charge in [-0.2, -0.15) is 0 Å². The lowest BCUT2D eigenvalue weighted by Crippen LogP contribution is -2.13. The predicted molar refractivity (Wildman–Crippen MR) is 96.9 cm³/mol. The SMILES string of the molecule is COc1ccccc1CCC(=O)Nc1ccc(CC(C)C(=O)O)cc1. The highest BCUT2D eigenvalue weighted by Crippen LogP contribution is 2.19. The second kappa shape index (κ2) is 8.87. The van der Waals surface area contributed by atoms with E-state index in [1.165, 1.54) is 0 Å². The van der Waals surface area contributed by atoms with Crippen LogP contribution in [0, 0.1) is 5.92 Å². The maximum Gasteiger partial charge on any atom is 0.306 e. The Kier molecular flexibility index (Phi) is 6.57. The van der Waals surface area contributed by atoms with Crippen LogP contribution in [-0.4, -0.2) is 24.1 Å². The predicted octanol–water partition coefficient (Wildman–Crippen LogP) is 3.53. The molecular formula is C20H23NO4. The first-order valence-corrected chi connectivity index (χ1v) is 8.23. The van der Waals surface area contributed by atoms with Crippen molar-refractivity contribution >= 4 is 17.6 Å². The Balaban J connectivity index is 1.87. The van der Waals surface area contributed by atoms with Gasteiger partial charge in [0, 0.05) is 12.1 Å². The summed E-state index contributed by atoms with van der Waals surface area (Å²) >= 11 is 0. The van der Waals surface area contributed by atoms with Crippen molar-refractivity contribution in [2.24, 2.45) is 5.92 Å². The fourth-order valence-corrected chi connectivity index (χ4v) is 2.55. The molecule has 2 N–H and O–H groups in total. The molecule has 25 heavy (non-hydrogen) atoms. The molecule has 0 saturated heterocycles. The lowest BCUT2D eigenvalue weighted by Gasteiger charge is -2.10. The van der Waals surface area contributed by atoms with Crippen LogP contribution in [0.3, 0.4) is 0 Å². The Hall–Kier alpha value is -2.82. The minimum Gasteiger partial charge on any atom is -0.496 e. The number of nitrogens with one attached hydrogen (secondary N) is 1. The molecule has 5 nitrogen and oxygen atoms in total. The summed E-state index contributed by atoms with van der Waals surface area (Å²) < 4.78 is 5.28. The molecule has 1 atom stereocenters. The first kappa shape index (κ1) is 18.5. The minimum atomic E-state index is -0.811. The van der Waals surface area contributed by atoms with Crippen LogP contribution >= 0.6 is 0 Å². The summed E-state index contributed by atoms with van der Waals surface area (Å²) in [7, 11) is 1.62. The topological polar surface area (TPSA) is 75.6 Å². The van der Waals surface area contributed by atoms with E-state index in [0.717, 1.165) is 16.9 Å². The van der Waals surface area contributed by atoms with E-state index in [2.05, 4.69) is 5.32 Å². The monoisotopic (exact) mass is 341 g/mol. The van der Waals surface area contributed by atoms with Gasteiger partial charge in [-0.1, -0.05) is 37.3 Å². The maximum atomic E-state index is 12.1. The Morgan fingerprint density at radius 1 is 1.12 bits per heavy atom. The molecule has 2 rings (SSSR count). The number of carboxylic acid groups (broad SMARTS) is 1. The highest BCUT2D eigenvalue weighted by molar-refractivity contribution is 5.90. The number of ether oxygens (including phenoxy) is 1. The summed E-state index contributed by atoms with van der Waals surface area (Å²) in [5.74, 6) is -0.528. The molecule has 132 valence electrons. The number of carboxylic acids is 1. The van der Waals surface area contributed by atoms with E-state index >= 15 is 0 Å². The normalized spacial score (nSPS) is 11.6. The molecule has 0 radical (unpaired) electrons. The molecule has 0 aliphatic heterocycles. The minimum absolute atomic E-state index is 0.0717. The summed E-state index contributed by atoms with van der Waals surface area (Å²) in [5, 5.41) is 11.8. The van der Waals surface area contributed by atoms with Gasteiger partial charge in [-0.15, -0.1) is 0 Å². The lowest BCUT2D eigenvalue weighted by atomic mass is 10.0. The molecule has 2 aromatic carbocycles. The number of rotatable bonds is 8. The van der Waals surface area contributed by atoms with E-state index in [4.69, 9.17) is 9.84 Å². The summed E-state index contributed by atoms with van der Waals surface area (Å²) in [6.07, 6.45) is 1.43. The van der Waals surface area contributed by atoms with Crippen molar-refractivity contribution in [1.29, 1.82) is 0 Å². The average Bonchev–Trinajstić information content (AvgIpc) is 2.61. The van der Waals surface area contributed by atoms with Crippen molar-refractivity contribution < 1.29 is 19.4 Å². The zero-order chi connectivity index (χ0) is 18.2. The fourth-order valence-electron chi connectivity index (χ4n) is 2.55. The molecule has 1 amide bonds. The summed E-state index contributed by atoms with van der Waals surface area (Å²) in [4.78, 5) is 23.0. The maximum absolute atomic E-state index is 12.1. The van der Waals surface area contributed by atoms with E-state index in [1.54, 1.807) is 26.2 Å².